The van der Waals surface area contributed by atoms with Crippen LogP contribution < -0.4 is 4.72 Å². The van der Waals surface area contributed by atoms with Crippen LogP contribution >= 0.6 is 0 Å². The molecule has 1 aliphatic rings. The molecule has 12 heavy (non-hydrogen) atoms. The number of hydrogen-bond donors (Lipinski definition) is 2. The highest BCUT2D eigenvalue weighted by molar-refractivity contribution is 7.89. The van der Waals surface area contributed by atoms with Gasteiger partial charge >= 0.3 is 0 Å². The third-order valence-electron chi connectivity index (χ3n) is 2.18. The molecule has 0 aromatic carbocycles. The van der Waals surface area contributed by atoms with E-state index in [1.807, 2.05) is 0 Å². The maximum absolute atomic E-state index is 11.0. The molecule has 4 nitrogen and oxygen atoms in total. The van der Waals surface area contributed by atoms with Crippen molar-refractivity contribution in [3.8, 4) is 0 Å². The van der Waals surface area contributed by atoms with Gasteiger partial charge in [0.15, 0.2) is 0 Å². The normalized spacial score (nSPS) is 29.8. The van der Waals surface area contributed by atoms with Gasteiger partial charge in [0.2, 0.25) is 10.0 Å². The van der Waals surface area contributed by atoms with Crippen LogP contribution in [-0.2, 0) is 10.0 Å². The smallest absolute Gasteiger partial charge is 0.211 e. The van der Waals surface area contributed by atoms with Crippen molar-refractivity contribution in [2.45, 2.75) is 25.9 Å². The molecule has 0 unspecified atom stereocenters. The SMILES string of the molecule is CCS(=O)(=O)NCC1CC(O)C1. The summed E-state index contributed by atoms with van der Waals surface area (Å²) < 4.78 is 24.4. The molecule has 0 amide bonds. The first-order valence-electron chi connectivity index (χ1n) is 4.19. The average Bonchev–Trinajstić information content (AvgIpc) is 1.96. The van der Waals surface area contributed by atoms with Crippen LogP contribution in [0.15, 0.2) is 0 Å². The molecule has 0 saturated heterocycles. The van der Waals surface area contributed by atoms with Crippen molar-refractivity contribution in [1.29, 1.82) is 0 Å². The minimum atomic E-state index is -3.04. The van der Waals surface area contributed by atoms with Crippen molar-refractivity contribution in [3.05, 3.63) is 0 Å². The van der Waals surface area contributed by atoms with Gasteiger partial charge in [-0.1, -0.05) is 0 Å². The van der Waals surface area contributed by atoms with Crippen LogP contribution in [0.2, 0.25) is 0 Å². The Morgan fingerprint density at radius 1 is 1.50 bits per heavy atom. The summed E-state index contributed by atoms with van der Waals surface area (Å²) in [6.07, 6.45) is 1.25. The molecule has 0 aromatic rings. The van der Waals surface area contributed by atoms with Crippen molar-refractivity contribution in [2.75, 3.05) is 12.3 Å². The van der Waals surface area contributed by atoms with Crippen LogP contribution in [0.4, 0.5) is 0 Å². The molecule has 1 aliphatic carbocycles. The maximum atomic E-state index is 11.0. The molecule has 72 valence electrons. The lowest BCUT2D eigenvalue weighted by molar-refractivity contribution is 0.0453. The van der Waals surface area contributed by atoms with E-state index in [4.69, 9.17) is 5.11 Å². The third-order valence-corrected chi connectivity index (χ3v) is 3.55. The Balaban J connectivity index is 2.18. The van der Waals surface area contributed by atoms with Crippen LogP contribution in [0.25, 0.3) is 0 Å². The van der Waals surface area contributed by atoms with Crippen molar-refractivity contribution >= 4 is 10.0 Å². The molecule has 0 aliphatic heterocycles. The number of rotatable bonds is 4. The van der Waals surface area contributed by atoms with Gasteiger partial charge in [-0.25, -0.2) is 13.1 Å². The first-order valence-corrected chi connectivity index (χ1v) is 5.84. The van der Waals surface area contributed by atoms with Gasteiger partial charge in [-0.15, -0.1) is 0 Å². The summed E-state index contributed by atoms with van der Waals surface area (Å²) in [5.74, 6) is 0.462. The molecule has 0 heterocycles. The van der Waals surface area contributed by atoms with Crippen molar-refractivity contribution in [1.82, 2.24) is 4.72 Å². The Labute approximate surface area is 73.0 Å². The highest BCUT2D eigenvalue weighted by atomic mass is 32.2. The van der Waals surface area contributed by atoms with E-state index in [0.717, 1.165) is 12.8 Å². The topological polar surface area (TPSA) is 66.4 Å². The van der Waals surface area contributed by atoms with Crippen LogP contribution in [0.1, 0.15) is 19.8 Å². The fraction of sp³-hybridized carbons (Fsp3) is 1.00. The second kappa shape index (κ2) is 3.72. The van der Waals surface area contributed by atoms with E-state index in [0.29, 0.717) is 12.5 Å². The summed E-state index contributed by atoms with van der Waals surface area (Å²) in [7, 11) is -3.04. The molecule has 0 aromatic heterocycles. The molecule has 5 heteroatoms. The number of nitrogens with one attached hydrogen (secondary N) is 1. The zero-order valence-corrected chi connectivity index (χ0v) is 7.97. The number of hydrogen-bond acceptors (Lipinski definition) is 3. The van der Waals surface area contributed by atoms with Gasteiger partial charge in [0.1, 0.15) is 0 Å². The van der Waals surface area contributed by atoms with Gasteiger partial charge in [0.25, 0.3) is 0 Å². The van der Waals surface area contributed by atoms with Crippen molar-refractivity contribution < 1.29 is 13.5 Å². The fourth-order valence-corrected chi connectivity index (χ4v) is 1.91. The summed E-state index contributed by atoms with van der Waals surface area (Å²) in [6, 6.07) is 0. The van der Waals surface area contributed by atoms with Crippen LogP contribution in [0.3, 0.4) is 0 Å². The summed E-state index contributed by atoms with van der Waals surface area (Å²) in [5.41, 5.74) is 0. The fourth-order valence-electron chi connectivity index (χ4n) is 1.21. The van der Waals surface area contributed by atoms with Gasteiger partial charge in [-0.05, 0) is 25.7 Å². The van der Waals surface area contributed by atoms with E-state index in [2.05, 4.69) is 4.72 Å². The molecular formula is C7H15NO3S. The summed E-state index contributed by atoms with van der Waals surface area (Å²) in [6.45, 7) is 2.09. The molecule has 0 bridgehead atoms. The Morgan fingerprint density at radius 2 is 2.08 bits per heavy atom. The molecule has 0 radical (unpaired) electrons. The van der Waals surface area contributed by atoms with E-state index in [9.17, 15) is 8.42 Å². The highest BCUT2D eigenvalue weighted by Gasteiger charge is 2.27. The van der Waals surface area contributed by atoms with E-state index >= 15 is 0 Å². The van der Waals surface area contributed by atoms with Gasteiger partial charge < -0.3 is 5.11 Å². The first kappa shape index (κ1) is 9.95. The monoisotopic (exact) mass is 193 g/mol. The summed E-state index contributed by atoms with van der Waals surface area (Å²) in [5, 5.41) is 8.93. The lowest BCUT2D eigenvalue weighted by Gasteiger charge is -2.31. The average molecular weight is 193 g/mol. The predicted octanol–water partition coefficient (Wildman–Crippen LogP) is -0.303. The van der Waals surface area contributed by atoms with Crippen molar-refractivity contribution in [2.24, 2.45) is 5.92 Å². The Bertz CT molecular complexity index is 231. The van der Waals surface area contributed by atoms with Gasteiger partial charge in [0, 0.05) is 6.54 Å². The lowest BCUT2D eigenvalue weighted by Crippen LogP contribution is -2.38. The van der Waals surface area contributed by atoms with Gasteiger partial charge in [0.05, 0.1) is 11.9 Å². The molecule has 0 atom stereocenters. The van der Waals surface area contributed by atoms with E-state index in [1.54, 1.807) is 6.92 Å². The minimum Gasteiger partial charge on any atom is -0.393 e. The third kappa shape index (κ3) is 2.73. The van der Waals surface area contributed by atoms with E-state index < -0.39 is 10.0 Å². The summed E-state index contributed by atoms with van der Waals surface area (Å²) >= 11 is 0. The minimum absolute atomic E-state index is 0.127. The van der Waals surface area contributed by atoms with Crippen LogP contribution in [-0.4, -0.2) is 31.9 Å². The largest absolute Gasteiger partial charge is 0.393 e. The van der Waals surface area contributed by atoms with Crippen LogP contribution in [0, 0.1) is 5.92 Å². The number of aliphatic hydroxyl groups is 1. The predicted molar refractivity (Wildman–Crippen MR) is 46.2 cm³/mol. The summed E-state index contributed by atoms with van der Waals surface area (Å²) in [4.78, 5) is 0. The molecule has 2 N–H and O–H groups in total. The quantitative estimate of drug-likeness (QED) is 0.644. The van der Waals surface area contributed by atoms with E-state index in [1.165, 1.54) is 0 Å². The van der Waals surface area contributed by atoms with Crippen molar-refractivity contribution in [3.63, 3.8) is 0 Å². The van der Waals surface area contributed by atoms with Gasteiger partial charge in [-0.2, -0.15) is 0 Å². The zero-order chi connectivity index (χ0) is 9.19. The standard InChI is InChI=1S/C7H15NO3S/c1-2-12(10,11)8-5-6-3-7(9)4-6/h6-9H,2-5H2,1H3. The first-order chi connectivity index (χ1) is 5.53. The second-order valence-corrected chi connectivity index (χ2v) is 5.34. The Hall–Kier alpha value is -0.130. The van der Waals surface area contributed by atoms with Gasteiger partial charge in [-0.3, -0.25) is 0 Å². The molecule has 0 spiro atoms. The second-order valence-electron chi connectivity index (χ2n) is 3.24. The Morgan fingerprint density at radius 3 is 2.50 bits per heavy atom. The number of sulfonamides is 1. The highest BCUT2D eigenvalue weighted by Crippen LogP contribution is 2.26. The maximum Gasteiger partial charge on any atom is 0.211 e. The molecule has 1 saturated carbocycles. The van der Waals surface area contributed by atoms with E-state index in [-0.39, 0.29) is 11.9 Å². The van der Waals surface area contributed by atoms with Crippen LogP contribution in [0.5, 0.6) is 0 Å². The Kier molecular flexibility index (Phi) is 3.09. The molecule has 1 fully saturated rings. The molecule has 1 rings (SSSR count). The molecular weight excluding hydrogens is 178 g/mol. The zero-order valence-electron chi connectivity index (χ0n) is 7.16. The lowest BCUT2D eigenvalue weighted by atomic mass is 9.83. The number of aliphatic hydroxyl groups excluding tert-OH is 1.